The van der Waals surface area contributed by atoms with Crippen LogP contribution >= 0.6 is 0 Å². The van der Waals surface area contributed by atoms with Crippen LogP contribution < -0.4 is 0 Å². The molecule has 6 atom stereocenters. The number of hydrogen-bond donors (Lipinski definition) is 2. The average molecular weight is 372 g/mol. The summed E-state index contributed by atoms with van der Waals surface area (Å²) in [6.45, 7) is 5.32. The number of carbonyl (C=O) groups excluding carboxylic acids is 3. The number of fused-ring (bicyclic) bond motifs is 5. The molecule has 2 N–H and O–H groups in total. The zero-order valence-electron chi connectivity index (χ0n) is 16.2. The van der Waals surface area contributed by atoms with Crippen LogP contribution in [0.15, 0.2) is 23.8 Å². The van der Waals surface area contributed by atoms with Gasteiger partial charge in [0.2, 0.25) is 0 Å². The van der Waals surface area contributed by atoms with Crippen molar-refractivity contribution < 1.29 is 24.6 Å². The van der Waals surface area contributed by atoms with Crippen LogP contribution in [0.4, 0.5) is 0 Å². The van der Waals surface area contributed by atoms with Crippen molar-refractivity contribution in [3.63, 3.8) is 0 Å². The van der Waals surface area contributed by atoms with Gasteiger partial charge in [0.05, 0.1) is 0 Å². The maximum absolute atomic E-state index is 13.5. The highest BCUT2D eigenvalue weighted by molar-refractivity contribution is 6.02. The van der Waals surface area contributed by atoms with Crippen LogP contribution in [0.1, 0.15) is 52.9 Å². The Kier molecular flexibility index (Phi) is 3.81. The van der Waals surface area contributed by atoms with E-state index in [1.165, 1.54) is 0 Å². The maximum Gasteiger partial charge on any atom is 0.190 e. The number of carbonyl (C=O) groups is 3. The predicted octanol–water partition coefficient (Wildman–Crippen LogP) is 2.16. The molecule has 4 aliphatic rings. The molecular formula is C22H28O5. The maximum atomic E-state index is 13.5. The van der Waals surface area contributed by atoms with E-state index in [1.54, 1.807) is 12.2 Å². The Labute approximate surface area is 159 Å². The quantitative estimate of drug-likeness (QED) is 0.775. The second-order valence-electron chi connectivity index (χ2n) is 9.72. The van der Waals surface area contributed by atoms with Gasteiger partial charge >= 0.3 is 0 Å². The second kappa shape index (κ2) is 5.48. The fraction of sp³-hybridized carbons (Fsp3) is 0.682. The van der Waals surface area contributed by atoms with E-state index in [0.29, 0.717) is 6.42 Å². The zero-order valence-corrected chi connectivity index (χ0v) is 16.2. The van der Waals surface area contributed by atoms with E-state index in [1.807, 2.05) is 19.9 Å². The molecule has 0 saturated heterocycles. The molecule has 0 aromatic rings. The van der Waals surface area contributed by atoms with Gasteiger partial charge in [-0.3, -0.25) is 14.4 Å². The Morgan fingerprint density at radius 1 is 1.22 bits per heavy atom. The molecular weight excluding hydrogens is 344 g/mol. The third-order valence-corrected chi connectivity index (χ3v) is 8.57. The fourth-order valence-corrected chi connectivity index (χ4v) is 7.30. The first-order chi connectivity index (χ1) is 12.5. The largest absolute Gasteiger partial charge is 0.388 e. The van der Waals surface area contributed by atoms with Crippen LogP contribution in [0.5, 0.6) is 0 Å². The fourth-order valence-electron chi connectivity index (χ4n) is 7.30. The summed E-state index contributed by atoms with van der Waals surface area (Å²) >= 11 is 0. The molecule has 0 aromatic heterocycles. The molecule has 146 valence electrons. The van der Waals surface area contributed by atoms with Crippen LogP contribution in [0.25, 0.3) is 0 Å². The molecule has 0 spiro atoms. The molecule has 0 amide bonds. The van der Waals surface area contributed by atoms with Gasteiger partial charge in [0.15, 0.2) is 11.6 Å². The van der Waals surface area contributed by atoms with Crippen LogP contribution in [0, 0.1) is 28.1 Å². The van der Waals surface area contributed by atoms with Gasteiger partial charge in [-0.1, -0.05) is 32.4 Å². The molecule has 3 fully saturated rings. The van der Waals surface area contributed by atoms with Gasteiger partial charge in [-0.2, -0.15) is 0 Å². The first-order valence-electron chi connectivity index (χ1n) is 9.86. The van der Waals surface area contributed by atoms with E-state index in [9.17, 15) is 24.6 Å². The lowest BCUT2D eigenvalue weighted by molar-refractivity contribution is -0.179. The number of allylic oxidation sites excluding steroid dienone is 4. The van der Waals surface area contributed by atoms with Gasteiger partial charge in [0.25, 0.3) is 0 Å². The molecule has 0 heterocycles. The Morgan fingerprint density at radius 2 is 1.93 bits per heavy atom. The van der Waals surface area contributed by atoms with Crippen molar-refractivity contribution >= 4 is 17.3 Å². The molecule has 5 nitrogen and oxygen atoms in total. The first-order valence-corrected chi connectivity index (χ1v) is 9.86. The van der Waals surface area contributed by atoms with Crippen molar-refractivity contribution in [1.29, 1.82) is 0 Å². The number of Topliss-reactive ketones (excluding diaryl/α,β-unsaturated/α-hetero) is 2. The van der Waals surface area contributed by atoms with E-state index in [2.05, 4.69) is 6.92 Å². The molecule has 0 aliphatic heterocycles. The molecule has 4 unspecified atom stereocenters. The highest BCUT2D eigenvalue weighted by Gasteiger charge is 2.71. The van der Waals surface area contributed by atoms with Gasteiger partial charge in [0, 0.05) is 23.2 Å². The Hall–Kier alpha value is -1.59. The Bertz CT molecular complexity index is 810. The highest BCUT2D eigenvalue weighted by atomic mass is 16.3. The predicted molar refractivity (Wildman–Crippen MR) is 98.7 cm³/mol. The minimum absolute atomic E-state index is 0.0117. The summed E-state index contributed by atoms with van der Waals surface area (Å²) in [5.74, 6) is -0.804. The van der Waals surface area contributed by atoms with Crippen molar-refractivity contribution in [3.8, 4) is 0 Å². The molecule has 5 heteroatoms. The average Bonchev–Trinajstić information content (AvgIpc) is 2.87. The van der Waals surface area contributed by atoms with Crippen LogP contribution in [0.2, 0.25) is 0 Å². The number of hydrogen-bond acceptors (Lipinski definition) is 5. The van der Waals surface area contributed by atoms with Crippen molar-refractivity contribution in [1.82, 2.24) is 0 Å². The summed E-state index contributed by atoms with van der Waals surface area (Å²) in [4.78, 5) is 37.8. The molecule has 0 bridgehead atoms. The molecule has 4 aliphatic carbocycles. The zero-order chi connectivity index (χ0) is 19.8. The van der Waals surface area contributed by atoms with E-state index in [4.69, 9.17) is 0 Å². The van der Waals surface area contributed by atoms with Crippen molar-refractivity contribution in [3.05, 3.63) is 23.8 Å². The van der Waals surface area contributed by atoms with Crippen molar-refractivity contribution in [2.45, 2.75) is 58.5 Å². The third-order valence-electron chi connectivity index (χ3n) is 8.57. The minimum Gasteiger partial charge on any atom is -0.388 e. The lowest BCUT2D eigenvalue weighted by atomic mass is 9.41. The van der Waals surface area contributed by atoms with Crippen molar-refractivity contribution in [2.24, 2.45) is 28.1 Å². The van der Waals surface area contributed by atoms with Crippen LogP contribution in [0.3, 0.4) is 0 Å². The molecule has 0 aromatic carbocycles. The normalized spacial score (nSPS) is 48.6. The summed E-state index contributed by atoms with van der Waals surface area (Å²) in [7, 11) is 0. The Morgan fingerprint density at radius 3 is 2.59 bits per heavy atom. The third kappa shape index (κ3) is 2.10. The summed E-state index contributed by atoms with van der Waals surface area (Å²) in [5.41, 5.74) is -2.33. The van der Waals surface area contributed by atoms with Crippen LogP contribution in [-0.2, 0) is 14.4 Å². The highest BCUT2D eigenvalue weighted by Crippen LogP contribution is 2.70. The number of aliphatic hydroxyl groups excluding tert-OH is 1. The number of rotatable bonds is 2. The summed E-state index contributed by atoms with van der Waals surface area (Å²) < 4.78 is 0. The molecule has 4 rings (SSSR count). The lowest BCUT2D eigenvalue weighted by Crippen LogP contribution is -2.64. The lowest BCUT2D eigenvalue weighted by Gasteiger charge is -2.62. The molecule has 0 radical (unpaired) electrons. The summed E-state index contributed by atoms with van der Waals surface area (Å²) in [6, 6.07) is 0. The molecule has 3 saturated carbocycles. The van der Waals surface area contributed by atoms with E-state index >= 15 is 0 Å². The smallest absolute Gasteiger partial charge is 0.190 e. The van der Waals surface area contributed by atoms with Crippen LogP contribution in [-0.4, -0.2) is 39.8 Å². The van der Waals surface area contributed by atoms with Gasteiger partial charge in [-0.05, 0) is 49.2 Å². The SMILES string of the molecule is CC12CCC3=CC(=O)C=C[C@]3(C)C1C(=O)C[C@@]1(C)C2CCC1(O)C(=O)CO. The van der Waals surface area contributed by atoms with E-state index < -0.39 is 28.8 Å². The van der Waals surface area contributed by atoms with Gasteiger partial charge in [-0.25, -0.2) is 0 Å². The standard InChI is InChI=1S/C22H28O5/c1-19-8-5-14(24)10-13(19)4-7-20(2)16-6-9-22(27,17(26)12-23)21(16,3)11-15(25)18(19)20/h5,8,10,16,18,23,27H,4,6-7,9,11-12H2,1-3H3/t16?,18?,19-,20?,21-,22?/m0/s1. The van der Waals surface area contributed by atoms with Gasteiger partial charge in [0.1, 0.15) is 18.0 Å². The summed E-state index contributed by atoms with van der Waals surface area (Å²) in [6.07, 6.45) is 7.73. The second-order valence-corrected chi connectivity index (χ2v) is 9.72. The van der Waals surface area contributed by atoms with E-state index in [-0.39, 0.29) is 41.7 Å². The summed E-state index contributed by atoms with van der Waals surface area (Å²) in [5, 5.41) is 20.6. The van der Waals surface area contributed by atoms with E-state index in [0.717, 1.165) is 18.4 Å². The van der Waals surface area contributed by atoms with Gasteiger partial charge in [-0.15, -0.1) is 0 Å². The monoisotopic (exact) mass is 372 g/mol. The Balaban J connectivity index is 1.83. The number of ketones is 3. The first kappa shape index (κ1) is 18.8. The molecule has 27 heavy (non-hydrogen) atoms. The van der Waals surface area contributed by atoms with Crippen molar-refractivity contribution in [2.75, 3.05) is 6.61 Å². The van der Waals surface area contributed by atoms with Gasteiger partial charge < -0.3 is 10.2 Å². The minimum atomic E-state index is -1.65. The number of aliphatic hydroxyl groups is 2. The topological polar surface area (TPSA) is 91.7 Å².